The van der Waals surface area contributed by atoms with Crippen molar-refractivity contribution in [3.63, 3.8) is 0 Å². The number of rotatable bonds is 2. The van der Waals surface area contributed by atoms with Crippen LogP contribution in [0.15, 0.2) is 59.7 Å². The molecule has 3 aliphatic heterocycles. The molecule has 0 aliphatic carbocycles. The number of hydrogen-bond donors (Lipinski definition) is 1. The second kappa shape index (κ2) is 7.92. The zero-order valence-electron chi connectivity index (χ0n) is 18.2. The number of benzene rings is 2. The van der Waals surface area contributed by atoms with Crippen LogP contribution in [0.2, 0.25) is 0 Å². The number of nitrogens with zero attached hydrogens (tertiary/aromatic N) is 2. The molecular formula is C26H21F2N3O3. The quantitative estimate of drug-likeness (QED) is 0.549. The minimum Gasteiger partial charge on any atom is -0.453 e. The number of amidine groups is 1. The standard InChI is InChI=1S/C26H21F2N3O3/c27-21-13-17(16-3-2-10-32-14-16)12-20-23(21)33-22-6-5-15(18-4-1-8-30-24(18)28)11-19(22)26(20)7-9-31-25(29)34-26/h1,3-6,8,11-13H,2,7,9-10,14H2,(H2,29,31)/t26-/m0/s1. The van der Waals surface area contributed by atoms with Crippen molar-refractivity contribution in [1.29, 1.82) is 0 Å². The van der Waals surface area contributed by atoms with Gasteiger partial charge in [0.25, 0.3) is 6.02 Å². The maximum absolute atomic E-state index is 15.4. The fraction of sp³-hybridized carbons (Fsp3) is 0.231. The van der Waals surface area contributed by atoms with Crippen LogP contribution in [0.1, 0.15) is 29.5 Å². The van der Waals surface area contributed by atoms with Crippen molar-refractivity contribution >= 4 is 11.6 Å². The first-order chi connectivity index (χ1) is 16.5. The second-order valence-corrected chi connectivity index (χ2v) is 8.46. The van der Waals surface area contributed by atoms with E-state index in [-0.39, 0.29) is 11.8 Å². The zero-order valence-corrected chi connectivity index (χ0v) is 18.2. The molecule has 2 aromatic carbocycles. The Bertz CT molecular complexity index is 1370. The summed E-state index contributed by atoms with van der Waals surface area (Å²) in [6, 6.07) is 11.9. The molecule has 1 aromatic heterocycles. The Balaban J connectivity index is 1.57. The molecule has 34 heavy (non-hydrogen) atoms. The molecule has 0 fully saturated rings. The van der Waals surface area contributed by atoms with Crippen LogP contribution in [0.3, 0.4) is 0 Å². The fourth-order valence-electron chi connectivity index (χ4n) is 4.86. The summed E-state index contributed by atoms with van der Waals surface area (Å²) in [4.78, 5) is 7.95. The van der Waals surface area contributed by atoms with E-state index in [1.165, 1.54) is 12.3 Å². The zero-order chi connectivity index (χ0) is 23.3. The maximum atomic E-state index is 15.4. The third-order valence-corrected chi connectivity index (χ3v) is 6.47. The number of halogens is 2. The molecule has 3 aliphatic rings. The Hall–Kier alpha value is -3.78. The van der Waals surface area contributed by atoms with Gasteiger partial charge in [0, 0.05) is 35.9 Å². The van der Waals surface area contributed by atoms with Gasteiger partial charge < -0.3 is 19.9 Å². The number of fused-ring (bicyclic) bond motifs is 4. The molecule has 2 N–H and O–H groups in total. The molecule has 3 aromatic rings. The highest BCUT2D eigenvalue weighted by atomic mass is 19.1. The van der Waals surface area contributed by atoms with Crippen molar-refractivity contribution in [2.75, 3.05) is 19.8 Å². The topological polar surface area (TPSA) is 79.0 Å². The Morgan fingerprint density at radius 1 is 1.03 bits per heavy atom. The van der Waals surface area contributed by atoms with E-state index in [0.717, 1.165) is 12.0 Å². The lowest BCUT2D eigenvalue weighted by atomic mass is 9.78. The summed E-state index contributed by atoms with van der Waals surface area (Å²) in [5.41, 5.74) is 8.58. The minimum absolute atomic E-state index is 0.00837. The highest BCUT2D eigenvalue weighted by molar-refractivity contribution is 5.77. The van der Waals surface area contributed by atoms with E-state index in [2.05, 4.69) is 16.1 Å². The predicted molar refractivity (Wildman–Crippen MR) is 122 cm³/mol. The van der Waals surface area contributed by atoms with E-state index >= 15 is 4.39 Å². The summed E-state index contributed by atoms with van der Waals surface area (Å²) in [6.45, 7) is 1.42. The lowest BCUT2D eigenvalue weighted by Gasteiger charge is -2.41. The van der Waals surface area contributed by atoms with Crippen LogP contribution in [0.4, 0.5) is 8.78 Å². The molecular weight excluding hydrogens is 440 g/mol. The van der Waals surface area contributed by atoms with E-state index in [1.807, 2.05) is 6.07 Å². The Labute approximate surface area is 194 Å². The molecule has 172 valence electrons. The molecule has 1 spiro atoms. The van der Waals surface area contributed by atoms with E-state index in [9.17, 15) is 4.39 Å². The summed E-state index contributed by atoms with van der Waals surface area (Å²) in [6.07, 6.45) is 4.62. The number of hydrogen-bond acceptors (Lipinski definition) is 6. The molecule has 0 saturated carbocycles. The third kappa shape index (κ3) is 3.25. The molecule has 0 unspecified atom stereocenters. The molecule has 8 heteroatoms. The van der Waals surface area contributed by atoms with E-state index < -0.39 is 17.4 Å². The number of aliphatic imine (C=N–C) groups is 1. The highest BCUT2D eigenvalue weighted by Crippen LogP contribution is 2.53. The molecule has 6 rings (SSSR count). The van der Waals surface area contributed by atoms with E-state index in [1.54, 1.807) is 30.3 Å². The van der Waals surface area contributed by atoms with Crippen LogP contribution in [-0.4, -0.2) is 30.8 Å². The first kappa shape index (κ1) is 20.8. The molecule has 0 radical (unpaired) electrons. The lowest BCUT2D eigenvalue weighted by Crippen LogP contribution is -2.42. The Kier molecular flexibility index (Phi) is 4.84. The Morgan fingerprint density at radius 3 is 2.71 bits per heavy atom. The highest BCUT2D eigenvalue weighted by Gasteiger charge is 2.48. The van der Waals surface area contributed by atoms with Crippen LogP contribution in [0.25, 0.3) is 16.7 Å². The lowest BCUT2D eigenvalue weighted by molar-refractivity contribution is 0.0627. The van der Waals surface area contributed by atoms with Gasteiger partial charge >= 0.3 is 0 Å². The first-order valence-corrected chi connectivity index (χ1v) is 11.1. The number of pyridine rings is 1. The van der Waals surface area contributed by atoms with Gasteiger partial charge in [-0.05, 0) is 59.5 Å². The van der Waals surface area contributed by atoms with Crippen molar-refractivity contribution in [3.8, 4) is 22.6 Å². The minimum atomic E-state index is -1.14. The van der Waals surface area contributed by atoms with Gasteiger partial charge in [-0.3, -0.25) is 0 Å². The third-order valence-electron chi connectivity index (χ3n) is 6.47. The molecule has 1 atom stereocenters. The summed E-state index contributed by atoms with van der Waals surface area (Å²) in [5.74, 6) is -0.585. The molecule has 6 nitrogen and oxygen atoms in total. The molecule has 0 amide bonds. The maximum Gasteiger partial charge on any atom is 0.283 e. The van der Waals surface area contributed by atoms with Gasteiger partial charge in [-0.15, -0.1) is 0 Å². The summed E-state index contributed by atoms with van der Waals surface area (Å²) < 4.78 is 47.7. The summed E-state index contributed by atoms with van der Waals surface area (Å²) >= 11 is 0. The van der Waals surface area contributed by atoms with Gasteiger partial charge in [0.05, 0.1) is 13.2 Å². The van der Waals surface area contributed by atoms with Gasteiger partial charge in [-0.25, -0.2) is 14.4 Å². The fourth-order valence-corrected chi connectivity index (χ4v) is 4.86. The second-order valence-electron chi connectivity index (χ2n) is 8.46. The van der Waals surface area contributed by atoms with Crippen LogP contribution in [-0.2, 0) is 15.1 Å². The van der Waals surface area contributed by atoms with Gasteiger partial charge in [0.2, 0.25) is 5.95 Å². The van der Waals surface area contributed by atoms with Crippen LogP contribution < -0.4 is 10.5 Å². The van der Waals surface area contributed by atoms with Crippen molar-refractivity contribution < 1.29 is 23.0 Å². The van der Waals surface area contributed by atoms with Crippen molar-refractivity contribution in [1.82, 2.24) is 4.98 Å². The molecule has 4 heterocycles. The SMILES string of the molecule is NC1=NCC[C@]2(O1)c1cc(-c3cccnc3F)ccc1Oc1c(F)cc(C3=CCCOC3)cc12. The van der Waals surface area contributed by atoms with Crippen molar-refractivity contribution in [2.24, 2.45) is 10.7 Å². The monoisotopic (exact) mass is 461 g/mol. The smallest absolute Gasteiger partial charge is 0.283 e. The molecule has 0 saturated heterocycles. The van der Waals surface area contributed by atoms with Gasteiger partial charge in [0.1, 0.15) is 5.75 Å². The molecule has 0 bridgehead atoms. The van der Waals surface area contributed by atoms with E-state index in [4.69, 9.17) is 19.9 Å². The Morgan fingerprint density at radius 2 is 1.91 bits per heavy atom. The predicted octanol–water partition coefficient (Wildman–Crippen LogP) is 4.91. The van der Waals surface area contributed by atoms with E-state index in [0.29, 0.717) is 59.7 Å². The number of ether oxygens (including phenoxy) is 3. The normalized spacial score (nSPS) is 21.0. The number of nitrogens with two attached hydrogens (primary N) is 1. The van der Waals surface area contributed by atoms with Crippen molar-refractivity contribution in [3.05, 3.63) is 83.2 Å². The van der Waals surface area contributed by atoms with Crippen LogP contribution in [0, 0.1) is 11.8 Å². The average molecular weight is 461 g/mol. The average Bonchev–Trinajstić information content (AvgIpc) is 2.86. The van der Waals surface area contributed by atoms with Crippen LogP contribution in [0.5, 0.6) is 11.5 Å². The first-order valence-electron chi connectivity index (χ1n) is 11.1. The largest absolute Gasteiger partial charge is 0.453 e. The van der Waals surface area contributed by atoms with Gasteiger partial charge in [-0.1, -0.05) is 12.1 Å². The van der Waals surface area contributed by atoms with Gasteiger partial charge in [0.15, 0.2) is 17.2 Å². The van der Waals surface area contributed by atoms with Gasteiger partial charge in [-0.2, -0.15) is 4.39 Å². The summed E-state index contributed by atoms with van der Waals surface area (Å²) in [7, 11) is 0. The van der Waals surface area contributed by atoms with Crippen LogP contribution >= 0.6 is 0 Å². The number of aromatic nitrogens is 1. The van der Waals surface area contributed by atoms with Crippen molar-refractivity contribution in [2.45, 2.75) is 18.4 Å². The summed E-state index contributed by atoms with van der Waals surface area (Å²) in [5, 5.41) is 0.